The smallest absolute Gasteiger partial charge is 0.0388 e. The Bertz CT molecular complexity index is 113. The zero-order valence-corrected chi connectivity index (χ0v) is 8.97. The lowest BCUT2D eigenvalue weighted by Gasteiger charge is -2.16. The summed E-state index contributed by atoms with van der Waals surface area (Å²) in [4.78, 5) is 0. The maximum atomic E-state index is 2.44. The van der Waals surface area contributed by atoms with Gasteiger partial charge in [-0.25, -0.2) is 0 Å². The van der Waals surface area contributed by atoms with Crippen molar-refractivity contribution in [3.63, 3.8) is 0 Å². The molecular formula is C12H24. The Labute approximate surface area is 77.7 Å². The van der Waals surface area contributed by atoms with E-state index >= 15 is 0 Å². The molecule has 0 bridgehead atoms. The van der Waals surface area contributed by atoms with Crippen LogP contribution in [0.1, 0.15) is 59.3 Å². The summed E-state index contributed by atoms with van der Waals surface area (Å²) in [5.41, 5.74) is 0. The van der Waals surface area contributed by atoms with Gasteiger partial charge in [0.2, 0.25) is 0 Å². The van der Waals surface area contributed by atoms with Gasteiger partial charge >= 0.3 is 0 Å². The minimum atomic E-state index is 0.973. The maximum Gasteiger partial charge on any atom is -0.0388 e. The first-order valence-corrected chi connectivity index (χ1v) is 5.74. The lowest BCUT2D eigenvalue weighted by atomic mass is 9.90. The van der Waals surface area contributed by atoms with Crippen LogP contribution in [0.4, 0.5) is 0 Å². The van der Waals surface area contributed by atoms with Gasteiger partial charge in [-0.05, 0) is 37.0 Å². The molecule has 0 aromatic heterocycles. The zero-order chi connectivity index (χ0) is 8.97. The van der Waals surface area contributed by atoms with Gasteiger partial charge in [-0.15, -0.1) is 0 Å². The highest BCUT2D eigenvalue weighted by atomic mass is 14.3. The van der Waals surface area contributed by atoms with E-state index < -0.39 is 0 Å². The summed E-state index contributed by atoms with van der Waals surface area (Å²) < 4.78 is 0. The molecule has 1 fully saturated rings. The summed E-state index contributed by atoms with van der Waals surface area (Å²) in [6.45, 7) is 7.16. The average Bonchev–Trinajstić information content (AvgIpc) is 2.82. The molecule has 2 unspecified atom stereocenters. The van der Waals surface area contributed by atoms with Crippen LogP contribution in [0.15, 0.2) is 0 Å². The van der Waals surface area contributed by atoms with Gasteiger partial charge in [0.1, 0.15) is 0 Å². The van der Waals surface area contributed by atoms with Crippen LogP contribution in [-0.2, 0) is 0 Å². The van der Waals surface area contributed by atoms with Crippen molar-refractivity contribution in [1.29, 1.82) is 0 Å². The van der Waals surface area contributed by atoms with Crippen LogP contribution in [0.25, 0.3) is 0 Å². The molecule has 2 atom stereocenters. The molecular weight excluding hydrogens is 144 g/mol. The van der Waals surface area contributed by atoms with Crippen molar-refractivity contribution in [3.05, 3.63) is 0 Å². The molecule has 0 N–H and O–H groups in total. The third-order valence-electron chi connectivity index (χ3n) is 3.25. The first-order valence-electron chi connectivity index (χ1n) is 5.74. The van der Waals surface area contributed by atoms with Crippen LogP contribution in [0.2, 0.25) is 0 Å². The van der Waals surface area contributed by atoms with Crippen LogP contribution in [0, 0.1) is 17.8 Å². The Hall–Kier alpha value is 0. The topological polar surface area (TPSA) is 0 Å². The summed E-state index contributed by atoms with van der Waals surface area (Å²) in [7, 11) is 0. The minimum Gasteiger partial charge on any atom is -0.0654 e. The third-order valence-corrected chi connectivity index (χ3v) is 3.25. The van der Waals surface area contributed by atoms with E-state index in [-0.39, 0.29) is 0 Å². The van der Waals surface area contributed by atoms with Gasteiger partial charge < -0.3 is 0 Å². The molecule has 12 heavy (non-hydrogen) atoms. The first kappa shape index (κ1) is 10.1. The van der Waals surface area contributed by atoms with Gasteiger partial charge in [-0.2, -0.15) is 0 Å². The predicted molar refractivity (Wildman–Crippen MR) is 55.2 cm³/mol. The van der Waals surface area contributed by atoms with E-state index in [2.05, 4.69) is 20.8 Å². The van der Waals surface area contributed by atoms with E-state index in [1.807, 2.05) is 0 Å². The van der Waals surface area contributed by atoms with Gasteiger partial charge in [-0.1, -0.05) is 40.0 Å². The second-order valence-electron chi connectivity index (χ2n) is 4.80. The second kappa shape index (κ2) is 4.89. The molecule has 0 radical (unpaired) electrons. The molecule has 72 valence electrons. The Morgan fingerprint density at radius 3 is 2.42 bits per heavy atom. The monoisotopic (exact) mass is 168 g/mol. The Kier molecular flexibility index (Phi) is 4.11. The molecule has 1 aliphatic rings. The van der Waals surface area contributed by atoms with E-state index in [4.69, 9.17) is 0 Å². The molecule has 0 saturated heterocycles. The highest BCUT2D eigenvalue weighted by Crippen LogP contribution is 2.39. The van der Waals surface area contributed by atoms with E-state index in [1.165, 1.54) is 38.5 Å². The number of hydrogen-bond donors (Lipinski definition) is 0. The van der Waals surface area contributed by atoms with E-state index in [0.29, 0.717) is 0 Å². The predicted octanol–water partition coefficient (Wildman–Crippen LogP) is 4.25. The zero-order valence-electron chi connectivity index (χ0n) is 8.97. The molecule has 1 aliphatic carbocycles. The fourth-order valence-corrected chi connectivity index (χ4v) is 2.16. The molecule has 0 nitrogen and oxygen atoms in total. The van der Waals surface area contributed by atoms with Crippen molar-refractivity contribution >= 4 is 0 Å². The van der Waals surface area contributed by atoms with Crippen LogP contribution in [-0.4, -0.2) is 0 Å². The minimum absolute atomic E-state index is 0.973. The average molecular weight is 168 g/mol. The second-order valence-corrected chi connectivity index (χ2v) is 4.80. The molecule has 0 aliphatic heterocycles. The van der Waals surface area contributed by atoms with Crippen molar-refractivity contribution in [2.24, 2.45) is 17.8 Å². The largest absolute Gasteiger partial charge is 0.0654 e. The molecule has 0 heteroatoms. The molecule has 1 saturated carbocycles. The lowest BCUT2D eigenvalue weighted by Crippen LogP contribution is -2.04. The highest BCUT2D eigenvalue weighted by Gasteiger charge is 2.28. The van der Waals surface area contributed by atoms with Crippen molar-refractivity contribution < 1.29 is 0 Å². The van der Waals surface area contributed by atoms with Gasteiger partial charge in [-0.3, -0.25) is 0 Å². The van der Waals surface area contributed by atoms with Crippen LogP contribution in [0.3, 0.4) is 0 Å². The normalized spacial score (nSPS) is 22.2. The van der Waals surface area contributed by atoms with Crippen LogP contribution >= 0.6 is 0 Å². The summed E-state index contributed by atoms with van der Waals surface area (Å²) in [6, 6.07) is 0. The number of unbranched alkanes of at least 4 members (excludes halogenated alkanes) is 1. The molecule has 0 aromatic rings. The first-order chi connectivity index (χ1) is 5.74. The van der Waals surface area contributed by atoms with Crippen molar-refractivity contribution in [2.45, 2.75) is 59.3 Å². The summed E-state index contributed by atoms with van der Waals surface area (Å²) in [6.07, 6.45) is 8.75. The fraction of sp³-hybridized carbons (Fsp3) is 1.00. The Morgan fingerprint density at radius 1 is 1.25 bits per heavy atom. The van der Waals surface area contributed by atoms with E-state index in [0.717, 1.165) is 17.8 Å². The SMILES string of the molecule is CCCCC(C)CC(C)C1CC1. The maximum absolute atomic E-state index is 2.44. The molecule has 1 rings (SSSR count). The van der Waals surface area contributed by atoms with Crippen molar-refractivity contribution in [1.82, 2.24) is 0 Å². The molecule has 0 aromatic carbocycles. The third kappa shape index (κ3) is 3.60. The van der Waals surface area contributed by atoms with Crippen LogP contribution in [0.5, 0.6) is 0 Å². The van der Waals surface area contributed by atoms with Gasteiger partial charge in [0, 0.05) is 0 Å². The van der Waals surface area contributed by atoms with Crippen molar-refractivity contribution in [3.8, 4) is 0 Å². The Balaban J connectivity index is 2.03. The number of rotatable bonds is 6. The van der Waals surface area contributed by atoms with Crippen molar-refractivity contribution in [2.75, 3.05) is 0 Å². The molecule has 0 spiro atoms. The highest BCUT2D eigenvalue weighted by molar-refractivity contribution is 4.79. The summed E-state index contributed by atoms with van der Waals surface area (Å²) in [5.74, 6) is 3.09. The van der Waals surface area contributed by atoms with Crippen LogP contribution < -0.4 is 0 Å². The fourth-order valence-electron chi connectivity index (χ4n) is 2.16. The summed E-state index contributed by atoms with van der Waals surface area (Å²) in [5, 5.41) is 0. The standard InChI is InChI=1S/C12H24/c1-4-5-6-10(2)9-11(3)12-7-8-12/h10-12H,4-9H2,1-3H3. The molecule has 0 amide bonds. The van der Waals surface area contributed by atoms with Gasteiger partial charge in [0.15, 0.2) is 0 Å². The molecule has 0 heterocycles. The quantitative estimate of drug-likeness (QED) is 0.556. The number of hydrogen-bond acceptors (Lipinski definition) is 0. The van der Waals surface area contributed by atoms with E-state index in [9.17, 15) is 0 Å². The van der Waals surface area contributed by atoms with Gasteiger partial charge in [0.25, 0.3) is 0 Å². The van der Waals surface area contributed by atoms with E-state index in [1.54, 1.807) is 0 Å². The lowest BCUT2D eigenvalue weighted by molar-refractivity contribution is 0.357. The van der Waals surface area contributed by atoms with Gasteiger partial charge in [0.05, 0.1) is 0 Å². The Morgan fingerprint density at radius 2 is 1.92 bits per heavy atom. The summed E-state index contributed by atoms with van der Waals surface area (Å²) >= 11 is 0.